The van der Waals surface area contributed by atoms with E-state index < -0.39 is 10.0 Å². The van der Waals surface area contributed by atoms with E-state index in [-0.39, 0.29) is 5.37 Å². The van der Waals surface area contributed by atoms with E-state index in [9.17, 15) is 8.42 Å². The van der Waals surface area contributed by atoms with Crippen molar-refractivity contribution in [1.82, 2.24) is 4.31 Å². The Labute approximate surface area is 143 Å². The van der Waals surface area contributed by atoms with E-state index in [1.807, 2.05) is 31.2 Å². The lowest BCUT2D eigenvalue weighted by Gasteiger charge is -2.23. The first kappa shape index (κ1) is 16.1. The summed E-state index contributed by atoms with van der Waals surface area (Å²) in [7, 11) is -3.47. The molecule has 2 aromatic carbocycles. The second-order valence-corrected chi connectivity index (χ2v) is 9.20. The standard InChI is InChI=1S/C16H16BrNO2S2/c1-12-2-4-13(5-3-12)16-18(10-11-21-16)22(19,20)15-8-6-14(17)7-9-15/h2-9,16H,10-11H2,1H3/t16-/m0/s1. The molecule has 0 radical (unpaired) electrons. The van der Waals surface area contributed by atoms with E-state index in [0.29, 0.717) is 11.4 Å². The summed E-state index contributed by atoms with van der Waals surface area (Å²) in [5.74, 6) is 0.814. The second kappa shape index (κ2) is 6.35. The van der Waals surface area contributed by atoms with Crippen LogP contribution in [0.5, 0.6) is 0 Å². The molecule has 0 saturated carbocycles. The van der Waals surface area contributed by atoms with Gasteiger partial charge in [-0.1, -0.05) is 45.8 Å². The van der Waals surface area contributed by atoms with E-state index in [4.69, 9.17) is 0 Å². The number of hydrogen-bond donors (Lipinski definition) is 0. The molecule has 3 nitrogen and oxygen atoms in total. The maximum atomic E-state index is 12.9. The van der Waals surface area contributed by atoms with Crippen molar-refractivity contribution in [3.63, 3.8) is 0 Å². The second-order valence-electron chi connectivity index (χ2n) is 5.20. The monoisotopic (exact) mass is 397 g/mol. The molecule has 0 aliphatic carbocycles. The van der Waals surface area contributed by atoms with Gasteiger partial charge in [-0.2, -0.15) is 4.31 Å². The Balaban J connectivity index is 1.95. The first-order valence-electron chi connectivity index (χ1n) is 6.94. The fourth-order valence-electron chi connectivity index (χ4n) is 2.44. The van der Waals surface area contributed by atoms with Crippen molar-refractivity contribution in [3.8, 4) is 0 Å². The minimum Gasteiger partial charge on any atom is -0.207 e. The normalized spacial score (nSPS) is 19.5. The van der Waals surface area contributed by atoms with Crippen molar-refractivity contribution in [1.29, 1.82) is 0 Å². The van der Waals surface area contributed by atoms with Gasteiger partial charge in [-0.15, -0.1) is 11.8 Å². The highest BCUT2D eigenvalue weighted by atomic mass is 79.9. The molecular formula is C16H16BrNO2S2. The van der Waals surface area contributed by atoms with Gasteiger partial charge in [0.05, 0.1) is 10.3 Å². The van der Waals surface area contributed by atoms with Gasteiger partial charge in [0.25, 0.3) is 0 Å². The zero-order valence-corrected chi connectivity index (χ0v) is 15.3. The lowest BCUT2D eigenvalue weighted by molar-refractivity contribution is 0.434. The van der Waals surface area contributed by atoms with Crippen LogP contribution in [0.25, 0.3) is 0 Å². The molecule has 116 valence electrons. The molecule has 1 saturated heterocycles. The Hall–Kier alpha value is -0.820. The molecule has 3 rings (SSSR count). The minimum absolute atomic E-state index is 0.144. The molecule has 0 spiro atoms. The lowest BCUT2D eigenvalue weighted by atomic mass is 10.1. The van der Waals surface area contributed by atoms with Crippen molar-refractivity contribution in [2.45, 2.75) is 17.2 Å². The predicted octanol–water partition coefficient (Wildman–Crippen LogP) is 4.19. The van der Waals surface area contributed by atoms with Crippen molar-refractivity contribution >= 4 is 37.7 Å². The smallest absolute Gasteiger partial charge is 0.207 e. The Morgan fingerprint density at radius 1 is 1.09 bits per heavy atom. The molecule has 0 bridgehead atoms. The van der Waals surface area contributed by atoms with Gasteiger partial charge >= 0.3 is 0 Å². The fourth-order valence-corrected chi connectivity index (χ4v) is 5.94. The molecule has 1 atom stereocenters. The Bertz CT molecular complexity index is 758. The van der Waals surface area contributed by atoms with Crippen LogP contribution in [0.15, 0.2) is 57.9 Å². The Kier molecular flexibility index (Phi) is 4.64. The van der Waals surface area contributed by atoms with Gasteiger partial charge in [0, 0.05) is 16.8 Å². The maximum absolute atomic E-state index is 12.9. The first-order valence-corrected chi connectivity index (χ1v) is 10.2. The number of thioether (sulfide) groups is 1. The van der Waals surface area contributed by atoms with Crippen LogP contribution < -0.4 is 0 Å². The summed E-state index contributed by atoms with van der Waals surface area (Å²) in [5, 5.41) is -0.144. The number of sulfonamides is 1. The Morgan fingerprint density at radius 2 is 1.73 bits per heavy atom. The highest BCUT2D eigenvalue weighted by Crippen LogP contribution is 2.41. The summed E-state index contributed by atoms with van der Waals surface area (Å²) in [6.07, 6.45) is 0. The van der Waals surface area contributed by atoms with Crippen LogP contribution in [-0.4, -0.2) is 25.0 Å². The summed E-state index contributed by atoms with van der Waals surface area (Å²) in [5.41, 5.74) is 2.21. The van der Waals surface area contributed by atoms with Gasteiger partial charge < -0.3 is 0 Å². The van der Waals surface area contributed by atoms with E-state index in [1.54, 1.807) is 40.3 Å². The molecule has 1 fully saturated rings. The number of hydrogen-bond acceptors (Lipinski definition) is 3. The van der Waals surface area contributed by atoms with Crippen LogP contribution in [0.4, 0.5) is 0 Å². The SMILES string of the molecule is Cc1ccc([C@@H]2SCCN2S(=O)(=O)c2ccc(Br)cc2)cc1. The van der Waals surface area contributed by atoms with Gasteiger partial charge in [0.15, 0.2) is 0 Å². The molecule has 0 amide bonds. The van der Waals surface area contributed by atoms with Gasteiger partial charge in [0.2, 0.25) is 10.0 Å². The van der Waals surface area contributed by atoms with E-state index >= 15 is 0 Å². The van der Waals surface area contributed by atoms with Crippen molar-refractivity contribution in [2.24, 2.45) is 0 Å². The summed E-state index contributed by atoms with van der Waals surface area (Å²) in [6, 6.07) is 14.9. The van der Waals surface area contributed by atoms with Crippen molar-refractivity contribution < 1.29 is 8.42 Å². The summed E-state index contributed by atoms with van der Waals surface area (Å²) in [4.78, 5) is 0.343. The molecular weight excluding hydrogens is 382 g/mol. The highest BCUT2D eigenvalue weighted by Gasteiger charge is 2.36. The summed E-state index contributed by atoms with van der Waals surface area (Å²) < 4.78 is 28.3. The third kappa shape index (κ3) is 3.11. The number of aryl methyl sites for hydroxylation is 1. The Morgan fingerprint density at radius 3 is 2.36 bits per heavy atom. The molecule has 0 unspecified atom stereocenters. The lowest BCUT2D eigenvalue weighted by Crippen LogP contribution is -2.30. The van der Waals surface area contributed by atoms with Gasteiger partial charge in [-0.25, -0.2) is 8.42 Å². The van der Waals surface area contributed by atoms with Crippen LogP contribution in [-0.2, 0) is 10.0 Å². The zero-order valence-electron chi connectivity index (χ0n) is 12.1. The molecule has 1 heterocycles. The number of rotatable bonds is 3. The molecule has 1 aliphatic heterocycles. The van der Waals surface area contributed by atoms with Crippen LogP contribution in [0, 0.1) is 6.92 Å². The quantitative estimate of drug-likeness (QED) is 0.778. The van der Waals surface area contributed by atoms with Crippen LogP contribution >= 0.6 is 27.7 Å². The first-order chi connectivity index (χ1) is 10.5. The summed E-state index contributed by atoms with van der Waals surface area (Å²) in [6.45, 7) is 2.57. The number of benzene rings is 2. The predicted molar refractivity (Wildman–Crippen MR) is 94.4 cm³/mol. The van der Waals surface area contributed by atoms with Gasteiger partial charge in [-0.3, -0.25) is 0 Å². The van der Waals surface area contributed by atoms with E-state index in [2.05, 4.69) is 15.9 Å². The van der Waals surface area contributed by atoms with E-state index in [0.717, 1.165) is 15.8 Å². The average Bonchev–Trinajstić information content (AvgIpc) is 2.99. The van der Waals surface area contributed by atoms with Crippen LogP contribution in [0.2, 0.25) is 0 Å². The van der Waals surface area contributed by atoms with Crippen LogP contribution in [0.3, 0.4) is 0 Å². The number of halogens is 1. The number of nitrogens with zero attached hydrogens (tertiary/aromatic N) is 1. The highest BCUT2D eigenvalue weighted by molar-refractivity contribution is 9.10. The molecule has 0 N–H and O–H groups in total. The van der Waals surface area contributed by atoms with Crippen LogP contribution in [0.1, 0.15) is 16.5 Å². The average molecular weight is 398 g/mol. The molecule has 0 aromatic heterocycles. The third-order valence-corrected chi connectivity index (χ3v) is 7.43. The maximum Gasteiger partial charge on any atom is 0.244 e. The molecule has 22 heavy (non-hydrogen) atoms. The third-order valence-electron chi connectivity index (χ3n) is 3.63. The topological polar surface area (TPSA) is 37.4 Å². The molecule has 1 aliphatic rings. The van der Waals surface area contributed by atoms with Crippen molar-refractivity contribution in [2.75, 3.05) is 12.3 Å². The van der Waals surface area contributed by atoms with E-state index in [1.165, 1.54) is 5.56 Å². The molecule has 6 heteroatoms. The zero-order chi connectivity index (χ0) is 15.7. The van der Waals surface area contributed by atoms with Gasteiger partial charge in [0.1, 0.15) is 0 Å². The van der Waals surface area contributed by atoms with Gasteiger partial charge in [-0.05, 0) is 36.8 Å². The largest absolute Gasteiger partial charge is 0.244 e. The fraction of sp³-hybridized carbons (Fsp3) is 0.250. The molecule has 2 aromatic rings. The van der Waals surface area contributed by atoms with Crippen molar-refractivity contribution in [3.05, 3.63) is 64.1 Å². The minimum atomic E-state index is -3.47. The summed E-state index contributed by atoms with van der Waals surface area (Å²) >= 11 is 5.01.